The van der Waals surface area contributed by atoms with E-state index in [1.54, 1.807) is 7.11 Å². The van der Waals surface area contributed by atoms with Crippen LogP contribution in [0.2, 0.25) is 0 Å². The van der Waals surface area contributed by atoms with Crippen LogP contribution in [0.3, 0.4) is 0 Å². The summed E-state index contributed by atoms with van der Waals surface area (Å²) in [5.74, 6) is 2.53. The fourth-order valence-electron chi connectivity index (χ4n) is 3.63. The maximum Gasteiger partial charge on any atom is 0.177 e. The van der Waals surface area contributed by atoms with E-state index in [0.29, 0.717) is 5.92 Å². The third kappa shape index (κ3) is 3.01. The molecule has 0 atom stereocenters. The molecule has 0 radical (unpaired) electrons. The fourth-order valence-corrected chi connectivity index (χ4v) is 3.63. The van der Waals surface area contributed by atoms with Crippen LogP contribution in [0.1, 0.15) is 50.3 Å². The highest BCUT2D eigenvalue weighted by Crippen LogP contribution is 2.31. The molecule has 124 valence electrons. The Morgan fingerprint density at radius 1 is 1.04 bits per heavy atom. The van der Waals surface area contributed by atoms with Crippen molar-refractivity contribution in [1.82, 2.24) is 15.0 Å². The number of hydrogen-bond acceptors (Lipinski definition) is 3. The van der Waals surface area contributed by atoms with E-state index in [4.69, 9.17) is 9.72 Å². The van der Waals surface area contributed by atoms with Crippen molar-refractivity contribution in [3.05, 3.63) is 42.4 Å². The summed E-state index contributed by atoms with van der Waals surface area (Å²) in [4.78, 5) is 12.9. The van der Waals surface area contributed by atoms with Crippen molar-refractivity contribution in [2.75, 3.05) is 7.11 Å². The first kappa shape index (κ1) is 15.2. The summed E-state index contributed by atoms with van der Waals surface area (Å²) < 4.78 is 5.32. The first-order chi connectivity index (χ1) is 11.8. The summed E-state index contributed by atoms with van der Waals surface area (Å²) in [6.07, 6.45) is 9.71. The lowest BCUT2D eigenvalue weighted by Gasteiger charge is -2.09. The number of ether oxygens (including phenoxy) is 1. The minimum absolute atomic E-state index is 0.557. The Hall–Kier alpha value is -2.36. The molecular formula is C20H23N3O. The van der Waals surface area contributed by atoms with Crippen LogP contribution in [-0.2, 0) is 0 Å². The molecule has 2 heterocycles. The third-order valence-electron chi connectivity index (χ3n) is 5.00. The van der Waals surface area contributed by atoms with Crippen molar-refractivity contribution in [1.29, 1.82) is 0 Å². The molecule has 2 aromatic heterocycles. The van der Waals surface area contributed by atoms with Gasteiger partial charge in [0.05, 0.1) is 12.6 Å². The minimum atomic E-state index is 0.557. The van der Waals surface area contributed by atoms with Gasteiger partial charge in [0.2, 0.25) is 0 Å². The van der Waals surface area contributed by atoms with Gasteiger partial charge in [0.25, 0.3) is 0 Å². The van der Waals surface area contributed by atoms with Crippen LogP contribution in [0.15, 0.2) is 36.5 Å². The topological polar surface area (TPSA) is 50.8 Å². The van der Waals surface area contributed by atoms with Gasteiger partial charge in [-0.3, -0.25) is 0 Å². The van der Waals surface area contributed by atoms with Gasteiger partial charge in [-0.2, -0.15) is 0 Å². The van der Waals surface area contributed by atoms with Gasteiger partial charge in [-0.15, -0.1) is 0 Å². The zero-order chi connectivity index (χ0) is 16.4. The molecule has 4 heteroatoms. The molecule has 1 saturated carbocycles. The number of methoxy groups -OCH3 is 1. The molecule has 4 rings (SSSR count). The van der Waals surface area contributed by atoms with E-state index in [1.165, 1.54) is 38.5 Å². The Labute approximate surface area is 142 Å². The zero-order valence-electron chi connectivity index (χ0n) is 14.1. The molecule has 1 aromatic carbocycles. The molecule has 24 heavy (non-hydrogen) atoms. The number of pyridine rings is 1. The smallest absolute Gasteiger partial charge is 0.177 e. The lowest BCUT2D eigenvalue weighted by Crippen LogP contribution is -1.99. The summed E-state index contributed by atoms with van der Waals surface area (Å²) in [6.45, 7) is 0. The minimum Gasteiger partial charge on any atom is -0.497 e. The lowest BCUT2D eigenvalue weighted by atomic mass is 10.00. The van der Waals surface area contributed by atoms with Crippen LogP contribution in [0.25, 0.3) is 22.3 Å². The highest BCUT2D eigenvalue weighted by atomic mass is 16.5. The highest BCUT2D eigenvalue weighted by Gasteiger charge is 2.18. The normalized spacial score (nSPS) is 16.2. The van der Waals surface area contributed by atoms with Gasteiger partial charge in [0, 0.05) is 17.7 Å². The zero-order valence-corrected chi connectivity index (χ0v) is 14.1. The number of imidazole rings is 1. The van der Waals surface area contributed by atoms with E-state index < -0.39 is 0 Å². The van der Waals surface area contributed by atoms with E-state index in [9.17, 15) is 0 Å². The van der Waals surface area contributed by atoms with Crippen LogP contribution in [0, 0.1) is 0 Å². The van der Waals surface area contributed by atoms with Gasteiger partial charge in [-0.25, -0.2) is 9.97 Å². The number of aromatic amines is 1. The average Bonchev–Trinajstić information content (AvgIpc) is 2.86. The maximum atomic E-state index is 5.32. The molecule has 0 amide bonds. The van der Waals surface area contributed by atoms with Crippen molar-refractivity contribution in [3.8, 4) is 16.9 Å². The number of rotatable bonds is 3. The van der Waals surface area contributed by atoms with Gasteiger partial charge >= 0.3 is 0 Å². The summed E-state index contributed by atoms with van der Waals surface area (Å²) in [6, 6.07) is 10.2. The van der Waals surface area contributed by atoms with Crippen molar-refractivity contribution in [3.63, 3.8) is 0 Å². The molecule has 1 N–H and O–H groups in total. The number of aromatic nitrogens is 3. The summed E-state index contributed by atoms with van der Waals surface area (Å²) in [5, 5.41) is 0. The first-order valence-electron chi connectivity index (χ1n) is 8.83. The number of nitrogens with zero attached hydrogens (tertiary/aromatic N) is 2. The Morgan fingerprint density at radius 2 is 1.88 bits per heavy atom. The van der Waals surface area contributed by atoms with Crippen LogP contribution < -0.4 is 4.74 Å². The summed E-state index contributed by atoms with van der Waals surface area (Å²) >= 11 is 0. The van der Waals surface area contributed by atoms with Crippen LogP contribution in [0.4, 0.5) is 0 Å². The van der Waals surface area contributed by atoms with E-state index in [2.05, 4.69) is 22.1 Å². The molecule has 0 aliphatic heterocycles. The molecule has 1 aliphatic carbocycles. The first-order valence-corrected chi connectivity index (χ1v) is 8.83. The molecular weight excluding hydrogens is 298 g/mol. The Morgan fingerprint density at radius 3 is 2.67 bits per heavy atom. The van der Waals surface area contributed by atoms with E-state index >= 15 is 0 Å². The number of hydrogen-bond donors (Lipinski definition) is 1. The van der Waals surface area contributed by atoms with Gasteiger partial charge < -0.3 is 9.72 Å². The molecule has 4 nitrogen and oxygen atoms in total. The van der Waals surface area contributed by atoms with Crippen molar-refractivity contribution in [2.45, 2.75) is 44.4 Å². The number of nitrogens with one attached hydrogen (secondary N) is 1. The van der Waals surface area contributed by atoms with E-state index in [-0.39, 0.29) is 0 Å². The SMILES string of the molecule is COc1cccc(-c2cnc3nc(C4CCCCCC4)[nH]c3c2)c1. The monoisotopic (exact) mass is 321 g/mol. The standard InChI is InChI=1S/C20H23N3O/c1-24-17-10-6-9-15(11-17)16-12-18-20(21-13-16)23-19(22-18)14-7-4-2-3-5-8-14/h6,9-14H,2-5,7-8H2,1H3,(H,21,22,23). The molecule has 0 saturated heterocycles. The Bertz CT molecular complexity index is 832. The predicted molar refractivity (Wildman–Crippen MR) is 96.3 cm³/mol. The summed E-state index contributed by atoms with van der Waals surface area (Å²) in [5.41, 5.74) is 4.03. The van der Waals surface area contributed by atoms with E-state index in [1.807, 2.05) is 24.4 Å². The van der Waals surface area contributed by atoms with Crippen molar-refractivity contribution < 1.29 is 4.74 Å². The van der Waals surface area contributed by atoms with Gasteiger partial charge in [0.1, 0.15) is 11.6 Å². The quantitative estimate of drug-likeness (QED) is 0.685. The molecule has 0 bridgehead atoms. The number of benzene rings is 1. The van der Waals surface area contributed by atoms with Crippen LogP contribution in [-0.4, -0.2) is 22.1 Å². The van der Waals surface area contributed by atoms with Crippen molar-refractivity contribution >= 4 is 11.2 Å². The lowest BCUT2D eigenvalue weighted by molar-refractivity contribution is 0.415. The predicted octanol–water partition coefficient (Wildman–Crippen LogP) is 5.07. The molecule has 3 aromatic rings. The maximum absolute atomic E-state index is 5.32. The number of fused-ring (bicyclic) bond motifs is 1. The second kappa shape index (κ2) is 6.63. The van der Waals surface area contributed by atoms with Crippen molar-refractivity contribution in [2.24, 2.45) is 0 Å². The molecule has 1 aliphatic rings. The van der Waals surface area contributed by atoms with Gasteiger partial charge in [0.15, 0.2) is 5.65 Å². The molecule has 1 fully saturated rings. The van der Waals surface area contributed by atoms with E-state index in [0.717, 1.165) is 33.9 Å². The fraction of sp³-hybridized carbons (Fsp3) is 0.400. The average molecular weight is 321 g/mol. The molecule has 0 unspecified atom stereocenters. The Balaban J connectivity index is 1.67. The highest BCUT2D eigenvalue weighted by molar-refractivity contribution is 5.78. The second-order valence-electron chi connectivity index (χ2n) is 6.64. The second-order valence-corrected chi connectivity index (χ2v) is 6.64. The molecule has 0 spiro atoms. The largest absolute Gasteiger partial charge is 0.497 e. The summed E-state index contributed by atoms with van der Waals surface area (Å²) in [7, 11) is 1.69. The third-order valence-corrected chi connectivity index (χ3v) is 5.00. The van der Waals surface area contributed by atoms with Gasteiger partial charge in [-0.05, 0) is 36.6 Å². The van der Waals surface area contributed by atoms with Crippen LogP contribution >= 0.6 is 0 Å². The number of H-pyrrole nitrogens is 1. The van der Waals surface area contributed by atoms with Gasteiger partial charge in [-0.1, -0.05) is 37.8 Å². The Kier molecular flexibility index (Phi) is 4.20. The van der Waals surface area contributed by atoms with Crippen LogP contribution in [0.5, 0.6) is 5.75 Å².